The van der Waals surface area contributed by atoms with Crippen molar-refractivity contribution in [2.75, 3.05) is 26.3 Å². The van der Waals surface area contributed by atoms with Crippen molar-refractivity contribution in [1.29, 1.82) is 0 Å². The minimum atomic E-state index is -1.08. The predicted molar refractivity (Wildman–Crippen MR) is 123 cm³/mol. The molecule has 2 unspecified atom stereocenters. The van der Waals surface area contributed by atoms with Crippen LogP contribution in [0.15, 0.2) is 25.3 Å². The summed E-state index contributed by atoms with van der Waals surface area (Å²) in [7, 11) is 0. The number of carbonyl (C=O) groups is 3. The van der Waals surface area contributed by atoms with Crippen molar-refractivity contribution in [3.05, 3.63) is 25.3 Å². The third-order valence-corrected chi connectivity index (χ3v) is 7.08. The number of fused-ring (bicyclic) bond motifs is 1. The quantitative estimate of drug-likeness (QED) is 0.287. The molecule has 0 aromatic carbocycles. The summed E-state index contributed by atoms with van der Waals surface area (Å²) in [6, 6.07) is -0.892. The Morgan fingerprint density at radius 3 is 2.64 bits per heavy atom. The first-order valence-corrected chi connectivity index (χ1v) is 11.9. The van der Waals surface area contributed by atoms with Gasteiger partial charge in [0.1, 0.15) is 11.6 Å². The van der Waals surface area contributed by atoms with E-state index in [1.165, 1.54) is 4.90 Å². The molecule has 2 bridgehead atoms. The van der Waals surface area contributed by atoms with Gasteiger partial charge in [-0.1, -0.05) is 12.2 Å². The van der Waals surface area contributed by atoms with Crippen LogP contribution in [-0.4, -0.2) is 82.3 Å². The number of β-amino-alcohol motifs (C(OH)–C–C–N with tert-alkyl or cyclic N) is 1. The molecular weight excluding hydrogens is 424 g/mol. The Hall–Kier alpha value is -2.19. The third-order valence-electron chi connectivity index (χ3n) is 7.08. The maximum Gasteiger partial charge on any atom is 0.312 e. The van der Waals surface area contributed by atoms with E-state index in [0.29, 0.717) is 19.4 Å². The van der Waals surface area contributed by atoms with E-state index in [9.17, 15) is 19.5 Å². The fraction of sp³-hybridized carbons (Fsp3) is 0.720. The molecule has 3 saturated heterocycles. The van der Waals surface area contributed by atoms with E-state index in [0.717, 1.165) is 19.3 Å². The van der Waals surface area contributed by atoms with Crippen molar-refractivity contribution in [2.24, 2.45) is 11.8 Å². The Labute approximate surface area is 196 Å². The van der Waals surface area contributed by atoms with Crippen LogP contribution in [0, 0.1) is 11.8 Å². The van der Waals surface area contributed by atoms with E-state index in [1.807, 2.05) is 26.8 Å². The van der Waals surface area contributed by atoms with Gasteiger partial charge in [0.25, 0.3) is 0 Å². The minimum Gasteiger partial charge on any atom is -0.465 e. The van der Waals surface area contributed by atoms with Gasteiger partial charge in [-0.2, -0.15) is 0 Å². The summed E-state index contributed by atoms with van der Waals surface area (Å²) in [6.45, 7) is 13.6. The van der Waals surface area contributed by atoms with Crippen LogP contribution in [0.5, 0.6) is 0 Å². The number of aliphatic hydroxyl groups excluding tert-OH is 1. The van der Waals surface area contributed by atoms with E-state index >= 15 is 0 Å². The number of aliphatic hydroxyl groups is 1. The van der Waals surface area contributed by atoms with Gasteiger partial charge in [-0.25, -0.2) is 0 Å². The number of hydrogen-bond donors (Lipinski definition) is 1. The number of rotatable bonds is 11. The van der Waals surface area contributed by atoms with Gasteiger partial charge in [-0.15, -0.1) is 13.2 Å². The topological polar surface area (TPSA) is 96.4 Å². The zero-order valence-electron chi connectivity index (χ0n) is 20.1. The summed E-state index contributed by atoms with van der Waals surface area (Å²) in [5, 5.41) is 9.66. The maximum absolute atomic E-state index is 13.9. The first-order chi connectivity index (χ1) is 15.6. The largest absolute Gasteiger partial charge is 0.465 e. The molecule has 3 heterocycles. The van der Waals surface area contributed by atoms with Gasteiger partial charge < -0.3 is 24.4 Å². The molecule has 3 aliphatic heterocycles. The fourth-order valence-electron chi connectivity index (χ4n) is 5.68. The molecule has 33 heavy (non-hydrogen) atoms. The number of ether oxygens (including phenoxy) is 2. The molecule has 5 atom stereocenters. The van der Waals surface area contributed by atoms with Gasteiger partial charge in [0, 0.05) is 18.6 Å². The first kappa shape index (κ1) is 25.4. The molecule has 8 heteroatoms. The molecule has 0 aromatic heterocycles. The summed E-state index contributed by atoms with van der Waals surface area (Å²) < 4.78 is 11.9. The average molecular weight is 463 g/mol. The maximum atomic E-state index is 13.9. The molecule has 1 spiro atoms. The Bertz CT molecular complexity index is 790. The van der Waals surface area contributed by atoms with E-state index in [2.05, 4.69) is 13.2 Å². The number of esters is 1. The molecule has 3 aliphatic rings. The fourth-order valence-corrected chi connectivity index (χ4v) is 5.68. The van der Waals surface area contributed by atoms with Crippen LogP contribution in [0.25, 0.3) is 0 Å². The molecular formula is C25H38N2O6. The lowest BCUT2D eigenvalue weighted by Crippen LogP contribution is -2.60. The number of nitrogens with zero attached hydrogens (tertiary/aromatic N) is 2. The highest BCUT2D eigenvalue weighted by atomic mass is 16.6. The van der Waals surface area contributed by atoms with Crippen LogP contribution in [0.2, 0.25) is 0 Å². The lowest BCUT2D eigenvalue weighted by molar-refractivity contribution is -0.156. The monoisotopic (exact) mass is 462 g/mol. The van der Waals surface area contributed by atoms with Crippen LogP contribution in [-0.2, 0) is 23.9 Å². The molecule has 1 N–H and O–H groups in total. The van der Waals surface area contributed by atoms with Gasteiger partial charge in [0.2, 0.25) is 11.8 Å². The second kappa shape index (κ2) is 9.97. The van der Waals surface area contributed by atoms with Gasteiger partial charge in [-0.05, 0) is 52.9 Å². The van der Waals surface area contributed by atoms with Crippen molar-refractivity contribution in [3.63, 3.8) is 0 Å². The highest BCUT2D eigenvalue weighted by Gasteiger charge is 2.75. The third kappa shape index (κ3) is 4.47. The minimum absolute atomic E-state index is 0.0108. The zero-order valence-corrected chi connectivity index (χ0v) is 20.1. The van der Waals surface area contributed by atoms with E-state index in [4.69, 9.17) is 9.47 Å². The predicted octanol–water partition coefficient (Wildman–Crippen LogP) is 2.07. The first-order valence-electron chi connectivity index (χ1n) is 11.9. The Balaban J connectivity index is 1.89. The standard InChI is InChI=1S/C25H38N2O6/c1-6-8-9-10-16-32-23(31)18-17-11-12-25(33-17)19(18)21(29)26(14-15-28)20(25)22(30)27(13-7-2)24(3,4)5/h6-7,17-20,28H,1-2,8-16H2,3-5H3/t17-,18+,19-,20?,25?/m0/s1. The van der Waals surface area contributed by atoms with Crippen LogP contribution in [0.1, 0.15) is 52.9 Å². The molecule has 0 saturated carbocycles. The SMILES string of the molecule is C=CCCCCOC(=O)[C@@H]1[C@@H]2CCC3(O2)C(C(=O)N(CC=C)C(C)(C)C)N(CCO)C(=O)[C@H]13. The molecule has 0 radical (unpaired) electrons. The normalized spacial score (nSPS) is 30.3. The molecule has 2 amide bonds. The molecule has 184 valence electrons. The number of allylic oxidation sites excluding steroid dienone is 1. The number of amides is 2. The molecule has 3 rings (SSSR count). The van der Waals surface area contributed by atoms with Crippen LogP contribution in [0.4, 0.5) is 0 Å². The van der Waals surface area contributed by atoms with Gasteiger partial charge in [0.05, 0.1) is 31.2 Å². The summed E-state index contributed by atoms with van der Waals surface area (Å²) in [5.41, 5.74) is -1.58. The lowest BCUT2D eigenvalue weighted by atomic mass is 9.70. The Kier molecular flexibility index (Phi) is 7.69. The number of hydrogen-bond acceptors (Lipinski definition) is 6. The summed E-state index contributed by atoms with van der Waals surface area (Å²) in [4.78, 5) is 43.6. The van der Waals surface area contributed by atoms with Crippen molar-refractivity contribution >= 4 is 17.8 Å². The second-order valence-electron chi connectivity index (χ2n) is 10.2. The van der Waals surface area contributed by atoms with Crippen LogP contribution < -0.4 is 0 Å². The van der Waals surface area contributed by atoms with E-state index < -0.39 is 41.1 Å². The molecule has 0 aliphatic carbocycles. The second-order valence-corrected chi connectivity index (χ2v) is 10.2. The summed E-state index contributed by atoms with van der Waals surface area (Å²) in [5.74, 6) is -2.50. The Morgan fingerprint density at radius 1 is 1.30 bits per heavy atom. The van der Waals surface area contributed by atoms with Gasteiger partial charge in [-0.3, -0.25) is 14.4 Å². The van der Waals surface area contributed by atoms with Gasteiger partial charge >= 0.3 is 5.97 Å². The highest BCUT2D eigenvalue weighted by molar-refractivity contribution is 5.98. The van der Waals surface area contributed by atoms with Crippen molar-refractivity contribution < 1.29 is 29.0 Å². The highest BCUT2D eigenvalue weighted by Crippen LogP contribution is 2.58. The lowest BCUT2D eigenvalue weighted by Gasteiger charge is -2.41. The number of likely N-dealkylation sites (tertiary alicyclic amines) is 1. The molecule has 0 aromatic rings. The number of unbranched alkanes of at least 4 members (excludes halogenated alkanes) is 2. The smallest absolute Gasteiger partial charge is 0.312 e. The van der Waals surface area contributed by atoms with Crippen molar-refractivity contribution in [1.82, 2.24) is 9.80 Å². The van der Waals surface area contributed by atoms with Crippen molar-refractivity contribution in [3.8, 4) is 0 Å². The number of carbonyl (C=O) groups excluding carboxylic acids is 3. The zero-order chi connectivity index (χ0) is 24.4. The van der Waals surface area contributed by atoms with Crippen LogP contribution in [0.3, 0.4) is 0 Å². The molecule has 8 nitrogen and oxygen atoms in total. The summed E-state index contributed by atoms with van der Waals surface area (Å²) in [6.07, 6.45) is 6.60. The Morgan fingerprint density at radius 2 is 2.03 bits per heavy atom. The van der Waals surface area contributed by atoms with E-state index in [1.54, 1.807) is 11.0 Å². The van der Waals surface area contributed by atoms with E-state index in [-0.39, 0.29) is 31.6 Å². The summed E-state index contributed by atoms with van der Waals surface area (Å²) >= 11 is 0. The van der Waals surface area contributed by atoms with Crippen LogP contribution >= 0.6 is 0 Å². The average Bonchev–Trinajstić information content (AvgIpc) is 3.39. The van der Waals surface area contributed by atoms with Crippen molar-refractivity contribution in [2.45, 2.75) is 76.2 Å². The molecule has 3 fully saturated rings. The van der Waals surface area contributed by atoms with Gasteiger partial charge in [0.15, 0.2) is 0 Å².